The van der Waals surface area contributed by atoms with Gasteiger partial charge in [0.05, 0.1) is 23.4 Å². The molecule has 1 aliphatic carbocycles. The zero-order valence-corrected chi connectivity index (χ0v) is 21.6. The molecule has 1 aromatic carbocycles. The number of ether oxygens (including phenoxy) is 2. The van der Waals surface area contributed by atoms with Gasteiger partial charge in [0.2, 0.25) is 5.78 Å². The summed E-state index contributed by atoms with van der Waals surface area (Å²) in [6, 6.07) is 2.07. The molecule has 3 aromatic rings. The molecule has 38 heavy (non-hydrogen) atoms. The normalized spacial score (nSPS) is 13.4. The summed E-state index contributed by atoms with van der Waals surface area (Å²) in [7, 11) is 1.60. The lowest BCUT2D eigenvalue weighted by Crippen LogP contribution is -2.35. The fraction of sp³-hybridized carbons (Fsp3) is 0.333. The van der Waals surface area contributed by atoms with Crippen molar-refractivity contribution in [3.05, 3.63) is 76.5 Å². The van der Waals surface area contributed by atoms with Crippen molar-refractivity contribution in [2.75, 3.05) is 20.2 Å². The summed E-state index contributed by atoms with van der Waals surface area (Å²) >= 11 is 0. The third-order valence-corrected chi connectivity index (χ3v) is 5.62. The quantitative estimate of drug-likeness (QED) is 0.441. The first-order chi connectivity index (χ1) is 18.0. The van der Waals surface area contributed by atoms with E-state index in [-0.39, 0.29) is 29.4 Å². The van der Waals surface area contributed by atoms with Crippen molar-refractivity contribution >= 4 is 17.4 Å². The van der Waals surface area contributed by atoms with Gasteiger partial charge in [-0.1, -0.05) is 30.4 Å². The molecular formula is C27H29F2N5O4. The Kier molecular flexibility index (Phi) is 7.75. The average Bonchev–Trinajstić information content (AvgIpc) is 3.12. The van der Waals surface area contributed by atoms with Crippen LogP contribution in [0.2, 0.25) is 0 Å². The molecule has 0 unspecified atom stereocenters. The molecule has 0 spiro atoms. The molecule has 11 heteroatoms. The molecule has 0 radical (unpaired) electrons. The summed E-state index contributed by atoms with van der Waals surface area (Å²) in [5.41, 5.74) is -1.12. The lowest BCUT2D eigenvalue weighted by atomic mass is 9.97. The molecule has 2 heterocycles. The smallest absolute Gasteiger partial charge is 0.410 e. The number of carbonyl (C=O) groups is 1. The summed E-state index contributed by atoms with van der Waals surface area (Å²) in [5.74, 6) is -1.80. The lowest BCUT2D eigenvalue weighted by molar-refractivity contribution is 0.0292. The Hall–Kier alpha value is -4.28. The van der Waals surface area contributed by atoms with Crippen LogP contribution >= 0.6 is 0 Å². The Morgan fingerprint density at radius 2 is 1.89 bits per heavy atom. The largest absolute Gasteiger partial charge is 0.493 e. The summed E-state index contributed by atoms with van der Waals surface area (Å²) in [6.45, 7) is 5.76. The van der Waals surface area contributed by atoms with Crippen LogP contribution in [0.3, 0.4) is 0 Å². The van der Waals surface area contributed by atoms with Gasteiger partial charge in [0, 0.05) is 25.7 Å². The number of amides is 1. The molecule has 0 bridgehead atoms. The van der Waals surface area contributed by atoms with Crippen molar-refractivity contribution in [3.8, 4) is 16.9 Å². The fourth-order valence-electron chi connectivity index (χ4n) is 3.94. The Morgan fingerprint density at radius 3 is 2.61 bits per heavy atom. The molecule has 1 amide bonds. The van der Waals surface area contributed by atoms with E-state index in [0.29, 0.717) is 25.0 Å². The van der Waals surface area contributed by atoms with Gasteiger partial charge in [-0.3, -0.25) is 9.78 Å². The molecule has 0 atom stereocenters. The number of hydrogen-bond acceptors (Lipinski definition) is 6. The third kappa shape index (κ3) is 5.99. The zero-order valence-electron chi connectivity index (χ0n) is 21.6. The summed E-state index contributed by atoms with van der Waals surface area (Å²) in [4.78, 5) is 33.1. The van der Waals surface area contributed by atoms with Gasteiger partial charge in [0.25, 0.3) is 5.56 Å². The second-order valence-corrected chi connectivity index (χ2v) is 9.75. The number of aromatic nitrogens is 4. The van der Waals surface area contributed by atoms with Crippen molar-refractivity contribution in [2.45, 2.75) is 39.2 Å². The van der Waals surface area contributed by atoms with Crippen LogP contribution in [0.15, 0.2) is 53.6 Å². The minimum Gasteiger partial charge on any atom is -0.493 e. The molecular weight excluding hydrogens is 496 g/mol. The van der Waals surface area contributed by atoms with Crippen molar-refractivity contribution in [2.24, 2.45) is 0 Å². The molecule has 2 aromatic heterocycles. The van der Waals surface area contributed by atoms with Crippen LogP contribution in [0, 0.1) is 11.6 Å². The van der Waals surface area contributed by atoms with E-state index in [2.05, 4.69) is 15.1 Å². The van der Waals surface area contributed by atoms with Crippen molar-refractivity contribution in [1.29, 1.82) is 0 Å². The molecule has 4 rings (SSSR count). The van der Waals surface area contributed by atoms with Crippen LogP contribution in [0.1, 0.15) is 39.3 Å². The van der Waals surface area contributed by atoms with Crippen LogP contribution in [-0.4, -0.2) is 56.4 Å². The first-order valence-corrected chi connectivity index (χ1v) is 12.1. The van der Waals surface area contributed by atoms with E-state index >= 15 is 8.78 Å². The van der Waals surface area contributed by atoms with Gasteiger partial charge in [-0.15, -0.1) is 0 Å². The topological polar surface area (TPSA) is 102 Å². The number of fused-ring (bicyclic) bond motifs is 1. The summed E-state index contributed by atoms with van der Waals surface area (Å²) in [5, 5.41) is 4.16. The number of hydrogen-bond donors (Lipinski definition) is 1. The molecule has 0 aliphatic heterocycles. The van der Waals surface area contributed by atoms with Crippen LogP contribution < -0.4 is 10.3 Å². The Bertz CT molecular complexity index is 1470. The van der Waals surface area contributed by atoms with E-state index in [0.717, 1.165) is 12.1 Å². The van der Waals surface area contributed by atoms with Crippen molar-refractivity contribution in [1.82, 2.24) is 24.5 Å². The molecule has 0 saturated carbocycles. The number of halogens is 2. The molecule has 1 aliphatic rings. The molecule has 9 nitrogen and oxygen atoms in total. The fourth-order valence-corrected chi connectivity index (χ4v) is 3.94. The molecule has 200 valence electrons. The number of aromatic amines is 1. The van der Waals surface area contributed by atoms with Gasteiger partial charge < -0.3 is 14.4 Å². The Balaban J connectivity index is 1.58. The van der Waals surface area contributed by atoms with Gasteiger partial charge in [-0.25, -0.2) is 13.6 Å². The second-order valence-electron chi connectivity index (χ2n) is 9.75. The van der Waals surface area contributed by atoms with E-state index in [1.54, 1.807) is 40.0 Å². The maximum atomic E-state index is 15.4. The first kappa shape index (κ1) is 26.8. The molecule has 0 fully saturated rings. The van der Waals surface area contributed by atoms with Gasteiger partial charge in [-0.05, 0) is 39.2 Å². The highest BCUT2D eigenvalue weighted by molar-refractivity contribution is 5.82. The second kappa shape index (κ2) is 11.0. The monoisotopic (exact) mass is 525 g/mol. The van der Waals surface area contributed by atoms with Crippen molar-refractivity contribution in [3.63, 3.8) is 0 Å². The summed E-state index contributed by atoms with van der Waals surface area (Å²) in [6.07, 6.45) is 10.7. The maximum Gasteiger partial charge on any atom is 0.410 e. The highest BCUT2D eigenvalue weighted by Gasteiger charge is 2.25. The van der Waals surface area contributed by atoms with E-state index < -0.39 is 34.5 Å². The van der Waals surface area contributed by atoms with Gasteiger partial charge in [0.15, 0.2) is 0 Å². The predicted octanol–water partition coefficient (Wildman–Crippen LogP) is 4.90. The SMILES string of the molecule is CN(CCCOc1cc(F)c(-c2c(C3=CC=CC=CC3)n3ncnc3[nH]c2=O)c(F)c1)C(=O)OC(C)(C)C. The highest BCUT2D eigenvalue weighted by atomic mass is 19.1. The van der Waals surface area contributed by atoms with Crippen LogP contribution in [0.5, 0.6) is 5.75 Å². The standard InChI is InChI=1S/C27H29F2N5O4/c1-27(2,3)38-26(36)33(4)12-9-13-37-18-14-19(28)21(20(29)15-18)22-23(17-10-7-5-6-8-11-17)34-25(30-16-31-34)32-24(22)35/h5-8,10,14-16H,9,11-13H2,1-4H3,(H,30,31,32,35). The number of nitrogens with zero attached hydrogens (tertiary/aromatic N) is 4. The average molecular weight is 526 g/mol. The van der Waals surface area contributed by atoms with Crippen LogP contribution in [0.25, 0.3) is 22.5 Å². The Morgan fingerprint density at radius 1 is 1.16 bits per heavy atom. The number of allylic oxidation sites excluding steroid dienone is 6. The number of carbonyl (C=O) groups excluding carboxylic acids is 1. The van der Waals surface area contributed by atoms with Crippen LogP contribution in [0.4, 0.5) is 13.6 Å². The minimum absolute atomic E-state index is 0.0389. The number of nitrogens with one attached hydrogen (secondary N) is 1. The predicted molar refractivity (Wildman–Crippen MR) is 139 cm³/mol. The minimum atomic E-state index is -0.961. The Labute approximate surface area is 218 Å². The van der Waals surface area contributed by atoms with E-state index in [4.69, 9.17) is 9.47 Å². The van der Waals surface area contributed by atoms with E-state index in [1.807, 2.05) is 18.2 Å². The number of rotatable bonds is 7. The van der Waals surface area contributed by atoms with Crippen molar-refractivity contribution < 1.29 is 23.0 Å². The third-order valence-electron chi connectivity index (χ3n) is 5.62. The van der Waals surface area contributed by atoms with Gasteiger partial charge in [-0.2, -0.15) is 14.6 Å². The van der Waals surface area contributed by atoms with Crippen LogP contribution in [-0.2, 0) is 4.74 Å². The zero-order chi connectivity index (χ0) is 27.4. The molecule has 1 N–H and O–H groups in total. The number of H-pyrrole nitrogens is 1. The van der Waals surface area contributed by atoms with Gasteiger partial charge in [0.1, 0.15) is 29.3 Å². The van der Waals surface area contributed by atoms with Gasteiger partial charge >= 0.3 is 6.09 Å². The summed E-state index contributed by atoms with van der Waals surface area (Å²) < 4.78 is 43.0. The number of benzene rings is 1. The van der Waals surface area contributed by atoms with E-state index in [1.165, 1.54) is 15.7 Å². The molecule has 0 saturated heterocycles. The van der Waals surface area contributed by atoms with E-state index in [9.17, 15) is 9.59 Å². The first-order valence-electron chi connectivity index (χ1n) is 12.1. The lowest BCUT2D eigenvalue weighted by Gasteiger charge is -2.24. The maximum absolute atomic E-state index is 15.4. The highest BCUT2D eigenvalue weighted by Crippen LogP contribution is 2.34.